The summed E-state index contributed by atoms with van der Waals surface area (Å²) in [4.78, 5) is 24.5. The zero-order valence-electron chi connectivity index (χ0n) is 11.3. The van der Waals surface area contributed by atoms with Crippen LogP contribution in [-0.4, -0.2) is 42.6 Å². The van der Waals surface area contributed by atoms with Gasteiger partial charge in [0.2, 0.25) is 5.91 Å². The van der Waals surface area contributed by atoms with Gasteiger partial charge in [0.15, 0.2) is 6.04 Å². The second-order valence-electron chi connectivity index (χ2n) is 5.11. The van der Waals surface area contributed by atoms with Gasteiger partial charge in [0.25, 0.3) is 0 Å². The van der Waals surface area contributed by atoms with Crippen LogP contribution in [-0.2, 0) is 19.8 Å². The van der Waals surface area contributed by atoms with E-state index in [-0.39, 0.29) is 13.0 Å². The summed E-state index contributed by atoms with van der Waals surface area (Å²) in [5, 5.41) is 9.79. The number of aliphatic carboxylic acids is 1. The summed E-state index contributed by atoms with van der Waals surface area (Å²) in [7, 11) is -4.71. The van der Waals surface area contributed by atoms with Crippen LogP contribution >= 0.6 is 11.6 Å². The number of nitrogens with zero attached hydrogens (tertiary/aromatic N) is 1. The van der Waals surface area contributed by atoms with Gasteiger partial charge < -0.3 is 10.0 Å². The van der Waals surface area contributed by atoms with Gasteiger partial charge in [0, 0.05) is 23.9 Å². The fourth-order valence-corrected chi connectivity index (χ4v) is 3.46. The molecule has 1 amide bonds. The van der Waals surface area contributed by atoms with Crippen LogP contribution in [0.3, 0.4) is 0 Å². The molecule has 1 N–H and O–H groups in total. The molecule has 1 aliphatic rings. The molecule has 9 heteroatoms. The topological polar surface area (TPSA) is 91.8 Å². The van der Waals surface area contributed by atoms with Gasteiger partial charge in [-0.1, -0.05) is 23.7 Å². The number of carboxylic acid groups (broad SMARTS) is 1. The minimum Gasteiger partial charge on any atom is -0.479 e. The summed E-state index contributed by atoms with van der Waals surface area (Å²) in [6.07, 6.45) is -0.194. The number of hydrogen-bond donors (Lipinski definition) is 1. The normalized spacial score (nSPS) is 20.2. The van der Waals surface area contributed by atoms with Crippen molar-refractivity contribution in [2.24, 2.45) is 5.92 Å². The van der Waals surface area contributed by atoms with Crippen molar-refractivity contribution in [2.45, 2.75) is 12.5 Å². The molecule has 1 aromatic rings. The minimum absolute atomic E-state index is 0.123. The molecule has 0 radical (unpaired) electrons. The molecule has 1 fully saturated rings. The standard InChI is InChI=1S/C13H13ClFNO5S/c14-10-3-1-9(2-4-10)12(13(18)19)16-6-8(5-11(16)17)7-22(15,20)21/h1-4,8,12H,5-7H2,(H,18,19). The molecule has 2 unspecified atom stereocenters. The third-order valence-electron chi connectivity index (χ3n) is 3.40. The van der Waals surface area contributed by atoms with Crippen molar-refractivity contribution in [3.05, 3.63) is 34.9 Å². The number of carboxylic acids is 1. The van der Waals surface area contributed by atoms with Crippen LogP contribution in [0.15, 0.2) is 24.3 Å². The second kappa shape index (κ2) is 6.21. The summed E-state index contributed by atoms with van der Waals surface area (Å²) in [6, 6.07) is 4.70. The molecule has 0 saturated carbocycles. The lowest BCUT2D eigenvalue weighted by Gasteiger charge is -2.25. The fraction of sp³-hybridized carbons (Fsp3) is 0.385. The summed E-state index contributed by atoms with van der Waals surface area (Å²) in [6.45, 7) is -0.123. The van der Waals surface area contributed by atoms with Gasteiger partial charge in [0.05, 0.1) is 5.75 Å². The van der Waals surface area contributed by atoms with E-state index in [1.54, 1.807) is 0 Å². The summed E-state index contributed by atoms with van der Waals surface area (Å²) in [5.41, 5.74) is 0.342. The van der Waals surface area contributed by atoms with Crippen molar-refractivity contribution in [3.8, 4) is 0 Å². The summed E-state index contributed by atoms with van der Waals surface area (Å²) in [5.74, 6) is -3.31. The average molecular weight is 350 g/mol. The molecule has 0 aromatic heterocycles. The highest BCUT2D eigenvalue weighted by Gasteiger charge is 2.40. The highest BCUT2D eigenvalue weighted by Crippen LogP contribution is 2.30. The number of likely N-dealkylation sites (tertiary alicyclic amines) is 1. The number of halogens is 2. The van der Waals surface area contributed by atoms with Crippen LogP contribution in [0.1, 0.15) is 18.0 Å². The molecule has 0 aliphatic carbocycles. The molecule has 0 spiro atoms. The third-order valence-corrected chi connectivity index (χ3v) is 4.53. The second-order valence-corrected chi connectivity index (χ2v) is 6.96. The lowest BCUT2D eigenvalue weighted by Crippen LogP contribution is -2.35. The van der Waals surface area contributed by atoms with Crippen molar-refractivity contribution in [1.29, 1.82) is 0 Å². The monoisotopic (exact) mass is 349 g/mol. The first kappa shape index (κ1) is 16.7. The van der Waals surface area contributed by atoms with Crippen LogP contribution < -0.4 is 0 Å². The Hall–Kier alpha value is -1.67. The largest absolute Gasteiger partial charge is 0.479 e. The first-order chi connectivity index (χ1) is 10.2. The van der Waals surface area contributed by atoms with Gasteiger partial charge in [0.1, 0.15) is 0 Å². The lowest BCUT2D eigenvalue weighted by atomic mass is 10.1. The predicted octanol–water partition coefficient (Wildman–Crippen LogP) is 1.61. The molecular formula is C13H13ClFNO5S. The Balaban J connectivity index is 2.24. The van der Waals surface area contributed by atoms with Gasteiger partial charge in [-0.05, 0) is 17.7 Å². The van der Waals surface area contributed by atoms with Crippen LogP contribution in [0.25, 0.3) is 0 Å². The summed E-state index contributed by atoms with van der Waals surface area (Å²) >= 11 is 5.74. The van der Waals surface area contributed by atoms with Crippen molar-refractivity contribution in [3.63, 3.8) is 0 Å². The van der Waals surface area contributed by atoms with E-state index < -0.39 is 39.8 Å². The smallest absolute Gasteiger partial charge is 0.331 e. The molecule has 120 valence electrons. The molecule has 1 aliphatic heterocycles. The number of rotatable bonds is 5. The number of carbonyl (C=O) groups is 2. The Morgan fingerprint density at radius 3 is 2.50 bits per heavy atom. The van der Waals surface area contributed by atoms with Gasteiger partial charge in [-0.25, -0.2) is 4.79 Å². The zero-order chi connectivity index (χ0) is 16.5. The molecule has 1 heterocycles. The van der Waals surface area contributed by atoms with Crippen molar-refractivity contribution in [1.82, 2.24) is 4.90 Å². The van der Waals surface area contributed by atoms with Crippen LogP contribution in [0.2, 0.25) is 5.02 Å². The van der Waals surface area contributed by atoms with E-state index in [4.69, 9.17) is 11.6 Å². The Labute approximate surface area is 131 Å². The van der Waals surface area contributed by atoms with E-state index in [9.17, 15) is 27.0 Å². The third kappa shape index (κ3) is 3.95. The Morgan fingerprint density at radius 2 is 2.00 bits per heavy atom. The fourth-order valence-electron chi connectivity index (χ4n) is 2.55. The van der Waals surface area contributed by atoms with Crippen LogP contribution in [0.5, 0.6) is 0 Å². The van der Waals surface area contributed by atoms with E-state index in [0.717, 1.165) is 4.90 Å². The maximum Gasteiger partial charge on any atom is 0.331 e. The zero-order valence-corrected chi connectivity index (χ0v) is 12.8. The first-order valence-corrected chi connectivity index (χ1v) is 8.30. The number of amides is 1. The van der Waals surface area contributed by atoms with Gasteiger partial charge in [-0.2, -0.15) is 8.42 Å². The van der Waals surface area contributed by atoms with Crippen LogP contribution in [0.4, 0.5) is 3.89 Å². The molecule has 22 heavy (non-hydrogen) atoms. The maximum absolute atomic E-state index is 12.7. The highest BCUT2D eigenvalue weighted by molar-refractivity contribution is 7.86. The Kier molecular flexibility index (Phi) is 4.72. The lowest BCUT2D eigenvalue weighted by molar-refractivity contribution is -0.148. The number of carbonyl (C=O) groups excluding carboxylic acids is 1. The molecule has 1 aromatic carbocycles. The molecular weight excluding hydrogens is 337 g/mol. The van der Waals surface area contributed by atoms with E-state index >= 15 is 0 Å². The predicted molar refractivity (Wildman–Crippen MR) is 76.5 cm³/mol. The van der Waals surface area contributed by atoms with Gasteiger partial charge in [-0.3, -0.25) is 4.79 Å². The van der Waals surface area contributed by atoms with Gasteiger partial charge in [-0.15, -0.1) is 3.89 Å². The van der Waals surface area contributed by atoms with Gasteiger partial charge >= 0.3 is 16.2 Å². The number of benzene rings is 1. The first-order valence-electron chi connectivity index (χ1n) is 6.37. The van der Waals surface area contributed by atoms with Crippen molar-refractivity contribution in [2.75, 3.05) is 12.3 Å². The van der Waals surface area contributed by atoms with Crippen molar-refractivity contribution >= 4 is 33.7 Å². The molecule has 2 rings (SSSR count). The van der Waals surface area contributed by atoms with Crippen LogP contribution in [0, 0.1) is 5.92 Å². The average Bonchev–Trinajstić information content (AvgIpc) is 2.70. The van der Waals surface area contributed by atoms with Crippen molar-refractivity contribution < 1.29 is 27.0 Å². The quantitative estimate of drug-likeness (QED) is 0.815. The molecule has 1 saturated heterocycles. The maximum atomic E-state index is 12.7. The van der Waals surface area contributed by atoms with E-state index in [1.807, 2.05) is 0 Å². The highest BCUT2D eigenvalue weighted by atomic mass is 35.5. The SMILES string of the molecule is O=C(O)C(c1ccc(Cl)cc1)N1CC(CS(=O)(=O)F)CC1=O. The molecule has 0 bridgehead atoms. The van der Waals surface area contributed by atoms with E-state index in [0.29, 0.717) is 10.6 Å². The molecule has 2 atom stereocenters. The van der Waals surface area contributed by atoms with E-state index in [1.165, 1.54) is 24.3 Å². The van der Waals surface area contributed by atoms with E-state index in [2.05, 4.69) is 0 Å². The minimum atomic E-state index is -4.71. The Bertz CT molecular complexity index is 691. The molecule has 6 nitrogen and oxygen atoms in total. The Morgan fingerprint density at radius 1 is 1.41 bits per heavy atom. The number of hydrogen-bond acceptors (Lipinski definition) is 4. The summed E-state index contributed by atoms with van der Waals surface area (Å²) < 4.78 is 34.1.